The number of thiophene rings is 1. The van der Waals surface area contributed by atoms with Crippen LogP contribution in [0.1, 0.15) is 41.0 Å². The number of nitrogens with zero attached hydrogens (tertiary/aromatic N) is 1. The van der Waals surface area contributed by atoms with Gasteiger partial charge in [-0.2, -0.15) is 0 Å². The van der Waals surface area contributed by atoms with Crippen molar-refractivity contribution in [2.75, 3.05) is 19.8 Å². The molecule has 1 unspecified atom stereocenters. The maximum absolute atomic E-state index is 12.8. The maximum Gasteiger partial charge on any atom is 0.223 e. The van der Waals surface area contributed by atoms with Crippen LogP contribution >= 0.6 is 11.3 Å². The number of aryl methyl sites for hydroxylation is 1. The topological polar surface area (TPSA) is 38.8 Å². The molecule has 5 heteroatoms. The minimum absolute atomic E-state index is 0.132. The van der Waals surface area contributed by atoms with Gasteiger partial charge in [0, 0.05) is 30.0 Å². The fraction of sp³-hybridized carbons (Fsp3) is 0.320. The predicted octanol–water partition coefficient (Wildman–Crippen LogP) is 5.23. The van der Waals surface area contributed by atoms with E-state index >= 15 is 0 Å². The van der Waals surface area contributed by atoms with Crippen molar-refractivity contribution in [2.45, 2.75) is 32.4 Å². The summed E-state index contributed by atoms with van der Waals surface area (Å²) >= 11 is 1.70. The Morgan fingerprint density at radius 2 is 2.00 bits per heavy atom. The Hall–Kier alpha value is -2.63. The van der Waals surface area contributed by atoms with Crippen LogP contribution in [0.25, 0.3) is 0 Å². The lowest BCUT2D eigenvalue weighted by Crippen LogP contribution is -2.32. The van der Waals surface area contributed by atoms with Gasteiger partial charge < -0.3 is 14.4 Å². The van der Waals surface area contributed by atoms with Crippen molar-refractivity contribution >= 4 is 17.2 Å². The van der Waals surface area contributed by atoms with Crippen LogP contribution in [0.5, 0.6) is 5.75 Å². The standard InChI is InChI=1S/C25H27NO3S/c1-2-28-25(19-7-4-3-5-8-19)20-10-12-23-21(17-20)18-26(14-15-29-23)24(27)13-11-22-9-6-16-30-22/h3-10,12,16-17,25H,2,11,13-15,18H2,1H3. The zero-order valence-electron chi connectivity index (χ0n) is 17.3. The summed E-state index contributed by atoms with van der Waals surface area (Å²) in [5.41, 5.74) is 3.24. The van der Waals surface area contributed by atoms with Gasteiger partial charge in [-0.1, -0.05) is 42.5 Å². The Morgan fingerprint density at radius 1 is 1.13 bits per heavy atom. The SMILES string of the molecule is CCOC(c1ccccc1)c1ccc2c(c1)CN(C(=O)CCc1cccs1)CCO2. The van der Waals surface area contributed by atoms with Gasteiger partial charge in [0.15, 0.2) is 0 Å². The van der Waals surface area contributed by atoms with Gasteiger partial charge in [0.05, 0.1) is 6.54 Å². The third-order valence-corrected chi connectivity index (χ3v) is 6.26. The first-order chi connectivity index (χ1) is 14.7. The summed E-state index contributed by atoms with van der Waals surface area (Å²) in [6, 6.07) is 20.6. The molecular formula is C25H27NO3S. The monoisotopic (exact) mass is 421 g/mol. The lowest BCUT2D eigenvalue weighted by atomic mass is 9.98. The van der Waals surface area contributed by atoms with Crippen LogP contribution in [0.3, 0.4) is 0 Å². The smallest absolute Gasteiger partial charge is 0.223 e. The molecule has 1 aliphatic rings. The van der Waals surface area contributed by atoms with E-state index in [-0.39, 0.29) is 12.0 Å². The Morgan fingerprint density at radius 3 is 2.77 bits per heavy atom. The van der Waals surface area contributed by atoms with Gasteiger partial charge in [-0.05, 0) is 48.1 Å². The summed E-state index contributed by atoms with van der Waals surface area (Å²) in [6.45, 7) is 4.34. The predicted molar refractivity (Wildman–Crippen MR) is 120 cm³/mol. The van der Waals surface area contributed by atoms with E-state index < -0.39 is 0 Å². The largest absolute Gasteiger partial charge is 0.491 e. The van der Waals surface area contributed by atoms with Crippen LogP contribution in [0, 0.1) is 0 Å². The highest BCUT2D eigenvalue weighted by Gasteiger charge is 2.22. The average molecular weight is 422 g/mol. The van der Waals surface area contributed by atoms with E-state index in [4.69, 9.17) is 9.47 Å². The molecule has 4 nitrogen and oxygen atoms in total. The van der Waals surface area contributed by atoms with Gasteiger partial charge in [-0.25, -0.2) is 0 Å². The lowest BCUT2D eigenvalue weighted by molar-refractivity contribution is -0.131. The number of carbonyl (C=O) groups is 1. The number of fused-ring (bicyclic) bond motifs is 1. The van der Waals surface area contributed by atoms with Gasteiger partial charge in [0.25, 0.3) is 0 Å². The molecule has 3 aromatic rings. The van der Waals surface area contributed by atoms with Gasteiger partial charge in [-0.15, -0.1) is 11.3 Å². The molecule has 156 valence electrons. The normalized spacial score (nSPS) is 14.5. The molecule has 2 heterocycles. The van der Waals surface area contributed by atoms with Gasteiger partial charge in [0.1, 0.15) is 18.5 Å². The summed E-state index contributed by atoms with van der Waals surface area (Å²) in [5.74, 6) is 1.03. The molecule has 0 radical (unpaired) electrons. The van der Waals surface area contributed by atoms with Gasteiger partial charge in [0.2, 0.25) is 5.91 Å². The van der Waals surface area contributed by atoms with E-state index in [1.165, 1.54) is 4.88 Å². The molecule has 0 spiro atoms. The third-order valence-electron chi connectivity index (χ3n) is 5.32. The van der Waals surface area contributed by atoms with E-state index in [9.17, 15) is 4.79 Å². The number of hydrogen-bond donors (Lipinski definition) is 0. The second-order valence-corrected chi connectivity index (χ2v) is 8.39. The second-order valence-electron chi connectivity index (χ2n) is 7.36. The molecule has 1 aliphatic heterocycles. The number of carbonyl (C=O) groups excluding carboxylic acids is 1. The minimum atomic E-state index is -0.132. The van der Waals surface area contributed by atoms with Gasteiger partial charge in [-0.3, -0.25) is 4.79 Å². The van der Waals surface area contributed by atoms with Crippen molar-refractivity contribution in [1.29, 1.82) is 0 Å². The molecule has 4 rings (SSSR count). The number of benzene rings is 2. The molecule has 1 amide bonds. The molecule has 1 atom stereocenters. The molecule has 0 saturated heterocycles. The zero-order valence-corrected chi connectivity index (χ0v) is 18.1. The molecule has 0 saturated carbocycles. The first-order valence-corrected chi connectivity index (χ1v) is 11.3. The lowest BCUT2D eigenvalue weighted by Gasteiger charge is -2.22. The Labute approximate surface area is 182 Å². The highest BCUT2D eigenvalue weighted by molar-refractivity contribution is 7.09. The number of rotatable bonds is 7. The quantitative estimate of drug-likeness (QED) is 0.524. The van der Waals surface area contributed by atoms with Crippen LogP contribution < -0.4 is 4.74 Å². The van der Waals surface area contributed by atoms with Gasteiger partial charge >= 0.3 is 0 Å². The van der Waals surface area contributed by atoms with E-state index in [0.717, 1.165) is 28.9 Å². The molecule has 0 N–H and O–H groups in total. The molecule has 1 aromatic heterocycles. The maximum atomic E-state index is 12.8. The van der Waals surface area contributed by atoms with Crippen LogP contribution in [0.15, 0.2) is 66.0 Å². The van der Waals surface area contributed by atoms with Crippen molar-refractivity contribution in [1.82, 2.24) is 4.90 Å². The van der Waals surface area contributed by atoms with E-state index in [1.807, 2.05) is 42.2 Å². The Bertz CT molecular complexity index is 956. The third kappa shape index (κ3) is 4.91. The molecule has 2 aromatic carbocycles. The van der Waals surface area contributed by atoms with Crippen LogP contribution in [0.2, 0.25) is 0 Å². The summed E-state index contributed by atoms with van der Waals surface area (Å²) < 4.78 is 12.0. The molecule has 0 bridgehead atoms. The fourth-order valence-corrected chi connectivity index (χ4v) is 4.52. The van der Waals surface area contributed by atoms with Crippen molar-refractivity contribution < 1.29 is 14.3 Å². The van der Waals surface area contributed by atoms with E-state index in [0.29, 0.717) is 32.7 Å². The van der Waals surface area contributed by atoms with E-state index in [1.54, 1.807) is 11.3 Å². The van der Waals surface area contributed by atoms with Crippen LogP contribution in [-0.4, -0.2) is 30.6 Å². The Kier molecular flexibility index (Phi) is 6.82. The number of ether oxygens (including phenoxy) is 2. The number of amides is 1. The second kappa shape index (κ2) is 9.92. The van der Waals surface area contributed by atoms with Crippen molar-refractivity contribution in [3.05, 3.63) is 87.6 Å². The average Bonchev–Trinajstić information content (AvgIpc) is 3.21. The Balaban J connectivity index is 1.52. The first-order valence-electron chi connectivity index (χ1n) is 10.5. The first kappa shape index (κ1) is 20.6. The summed E-state index contributed by atoms with van der Waals surface area (Å²) in [6.07, 6.45) is 1.19. The van der Waals surface area contributed by atoms with Crippen LogP contribution in [-0.2, 0) is 22.5 Å². The fourth-order valence-electron chi connectivity index (χ4n) is 3.81. The highest BCUT2D eigenvalue weighted by Crippen LogP contribution is 2.32. The van der Waals surface area contributed by atoms with Crippen LogP contribution in [0.4, 0.5) is 0 Å². The summed E-state index contributed by atoms with van der Waals surface area (Å²) in [4.78, 5) is 16.0. The van der Waals surface area contributed by atoms with Crippen molar-refractivity contribution in [3.8, 4) is 5.75 Å². The molecular weight excluding hydrogens is 394 g/mol. The summed E-state index contributed by atoms with van der Waals surface area (Å²) in [7, 11) is 0. The van der Waals surface area contributed by atoms with E-state index in [2.05, 4.69) is 35.7 Å². The minimum Gasteiger partial charge on any atom is -0.491 e. The molecule has 30 heavy (non-hydrogen) atoms. The molecule has 0 fully saturated rings. The van der Waals surface area contributed by atoms with Crippen molar-refractivity contribution in [2.24, 2.45) is 0 Å². The highest BCUT2D eigenvalue weighted by atomic mass is 32.1. The summed E-state index contributed by atoms with van der Waals surface area (Å²) in [5, 5.41) is 2.05. The zero-order chi connectivity index (χ0) is 20.8. The molecule has 0 aliphatic carbocycles. The van der Waals surface area contributed by atoms with Crippen molar-refractivity contribution in [3.63, 3.8) is 0 Å². The number of hydrogen-bond acceptors (Lipinski definition) is 4.